The monoisotopic (exact) mass is 337 g/mol. The molecule has 5 heteroatoms. The lowest BCUT2D eigenvalue weighted by atomic mass is 9.98. The van der Waals surface area contributed by atoms with E-state index < -0.39 is 0 Å². The topological polar surface area (TPSA) is 37.8 Å². The molecule has 2 heterocycles. The molecule has 0 aliphatic heterocycles. The van der Waals surface area contributed by atoms with Gasteiger partial charge in [-0.3, -0.25) is 4.98 Å². The predicted molar refractivity (Wildman–Crippen MR) is 82.4 cm³/mol. The van der Waals surface area contributed by atoms with Gasteiger partial charge in [0.1, 0.15) is 5.01 Å². The molecule has 0 amide bonds. The zero-order valence-electron chi connectivity index (χ0n) is 10.8. The van der Waals surface area contributed by atoms with Gasteiger partial charge in [-0.15, -0.1) is 11.3 Å². The van der Waals surface area contributed by atoms with Crippen LogP contribution in [0.25, 0.3) is 10.7 Å². The summed E-state index contributed by atoms with van der Waals surface area (Å²) in [5.74, 6) is 0. The molecule has 0 fully saturated rings. The van der Waals surface area contributed by atoms with E-state index in [0.29, 0.717) is 6.04 Å². The van der Waals surface area contributed by atoms with Crippen LogP contribution < -0.4 is 5.32 Å². The minimum atomic E-state index is 0.482. The van der Waals surface area contributed by atoms with Gasteiger partial charge in [0.15, 0.2) is 0 Å². The van der Waals surface area contributed by atoms with Crippen LogP contribution in [0.2, 0.25) is 0 Å². The fraction of sp³-hybridized carbons (Fsp3) is 0.429. The molecule has 100 valence electrons. The number of nitrogens with one attached hydrogen (secondary N) is 1. The van der Waals surface area contributed by atoms with Crippen LogP contribution in [0.3, 0.4) is 0 Å². The van der Waals surface area contributed by atoms with Crippen LogP contribution in [0.4, 0.5) is 0 Å². The maximum Gasteiger partial charge on any atom is 0.142 e. The van der Waals surface area contributed by atoms with Crippen molar-refractivity contribution in [3.05, 3.63) is 33.4 Å². The molecule has 0 saturated carbocycles. The molecule has 1 unspecified atom stereocenters. The Morgan fingerprint density at radius 3 is 3.11 bits per heavy atom. The number of thiazole rings is 1. The molecular formula is C14H16BrN3S. The van der Waals surface area contributed by atoms with Crippen LogP contribution in [0.15, 0.2) is 22.8 Å². The van der Waals surface area contributed by atoms with Gasteiger partial charge in [-0.2, -0.15) is 0 Å². The molecule has 0 aromatic carbocycles. The van der Waals surface area contributed by atoms with E-state index in [1.165, 1.54) is 23.4 Å². The molecule has 1 aliphatic rings. The summed E-state index contributed by atoms with van der Waals surface area (Å²) < 4.78 is 1.00. The number of hydrogen-bond acceptors (Lipinski definition) is 4. The summed E-state index contributed by atoms with van der Waals surface area (Å²) in [5.41, 5.74) is 2.24. The highest BCUT2D eigenvalue weighted by Gasteiger charge is 2.24. The molecule has 19 heavy (non-hydrogen) atoms. The average Bonchev–Trinajstić information content (AvgIpc) is 2.85. The summed E-state index contributed by atoms with van der Waals surface area (Å²) >= 11 is 5.21. The largest absolute Gasteiger partial charge is 0.309 e. The van der Waals surface area contributed by atoms with Crippen molar-refractivity contribution in [1.82, 2.24) is 15.3 Å². The summed E-state index contributed by atoms with van der Waals surface area (Å²) in [7, 11) is 0. The molecule has 1 atom stereocenters. The number of aryl methyl sites for hydroxylation is 1. The van der Waals surface area contributed by atoms with Crippen LogP contribution in [-0.4, -0.2) is 16.5 Å². The van der Waals surface area contributed by atoms with Gasteiger partial charge >= 0.3 is 0 Å². The lowest BCUT2D eigenvalue weighted by molar-refractivity contribution is 0.476. The summed E-state index contributed by atoms with van der Waals surface area (Å²) in [6.07, 6.45) is 5.37. The van der Waals surface area contributed by atoms with Crippen LogP contribution in [0, 0.1) is 0 Å². The SMILES string of the molecule is CCNC1CCCc2nc(-c3ccc(Br)cn3)sc21. The van der Waals surface area contributed by atoms with E-state index in [-0.39, 0.29) is 0 Å². The number of pyridine rings is 1. The van der Waals surface area contributed by atoms with Gasteiger partial charge in [0.25, 0.3) is 0 Å². The van der Waals surface area contributed by atoms with Crippen molar-refractivity contribution in [2.75, 3.05) is 6.54 Å². The number of rotatable bonds is 3. The summed E-state index contributed by atoms with van der Waals surface area (Å²) in [4.78, 5) is 10.6. The molecule has 0 radical (unpaired) electrons. The van der Waals surface area contributed by atoms with E-state index in [9.17, 15) is 0 Å². The third-order valence-corrected chi connectivity index (χ3v) is 5.05. The molecular weight excluding hydrogens is 322 g/mol. The quantitative estimate of drug-likeness (QED) is 0.921. The molecule has 2 aromatic heterocycles. The maximum absolute atomic E-state index is 4.78. The first-order valence-electron chi connectivity index (χ1n) is 6.63. The lowest BCUT2D eigenvalue weighted by Gasteiger charge is -2.21. The highest BCUT2D eigenvalue weighted by atomic mass is 79.9. The van der Waals surface area contributed by atoms with E-state index in [1.54, 1.807) is 11.3 Å². The van der Waals surface area contributed by atoms with Crippen LogP contribution in [0.5, 0.6) is 0 Å². The van der Waals surface area contributed by atoms with Crippen LogP contribution in [0.1, 0.15) is 36.4 Å². The Kier molecular flexibility index (Phi) is 3.96. The van der Waals surface area contributed by atoms with E-state index in [0.717, 1.165) is 28.1 Å². The number of aromatic nitrogens is 2. The van der Waals surface area contributed by atoms with Gasteiger partial charge in [0.2, 0.25) is 0 Å². The third kappa shape index (κ3) is 2.73. The first-order chi connectivity index (χ1) is 9.28. The fourth-order valence-electron chi connectivity index (χ4n) is 2.47. The van der Waals surface area contributed by atoms with Gasteiger partial charge in [-0.25, -0.2) is 4.98 Å². The van der Waals surface area contributed by atoms with Gasteiger partial charge in [0.05, 0.1) is 11.4 Å². The molecule has 0 saturated heterocycles. The number of hydrogen-bond donors (Lipinski definition) is 1. The van der Waals surface area contributed by atoms with Crippen molar-refractivity contribution in [2.45, 2.75) is 32.2 Å². The average molecular weight is 338 g/mol. The Labute approximate surface area is 125 Å². The zero-order chi connectivity index (χ0) is 13.2. The fourth-order valence-corrected chi connectivity index (χ4v) is 3.91. The van der Waals surface area contributed by atoms with E-state index >= 15 is 0 Å². The Hall–Kier alpha value is -0.780. The number of nitrogens with zero attached hydrogens (tertiary/aromatic N) is 2. The highest BCUT2D eigenvalue weighted by Crippen LogP contribution is 2.37. The van der Waals surface area contributed by atoms with Crippen LogP contribution in [-0.2, 0) is 6.42 Å². The molecule has 1 N–H and O–H groups in total. The Bertz CT molecular complexity index is 565. The van der Waals surface area contributed by atoms with Crippen molar-refractivity contribution in [2.24, 2.45) is 0 Å². The smallest absolute Gasteiger partial charge is 0.142 e. The van der Waals surface area contributed by atoms with Gasteiger partial charge < -0.3 is 5.32 Å². The third-order valence-electron chi connectivity index (χ3n) is 3.35. The summed E-state index contributed by atoms with van der Waals surface area (Å²) in [6.45, 7) is 3.17. The van der Waals surface area contributed by atoms with Gasteiger partial charge in [-0.05, 0) is 53.9 Å². The minimum absolute atomic E-state index is 0.482. The molecule has 0 spiro atoms. The number of fused-ring (bicyclic) bond motifs is 1. The van der Waals surface area contributed by atoms with Crippen LogP contribution >= 0.6 is 27.3 Å². The van der Waals surface area contributed by atoms with Gasteiger partial charge in [-0.1, -0.05) is 6.92 Å². The minimum Gasteiger partial charge on any atom is -0.309 e. The lowest BCUT2D eigenvalue weighted by Crippen LogP contribution is -2.23. The maximum atomic E-state index is 4.78. The predicted octanol–water partition coefficient (Wildman–Crippen LogP) is 3.95. The van der Waals surface area contributed by atoms with Crippen molar-refractivity contribution in [3.8, 4) is 10.7 Å². The number of halogens is 1. The Morgan fingerprint density at radius 1 is 1.47 bits per heavy atom. The molecule has 1 aliphatic carbocycles. The highest BCUT2D eigenvalue weighted by molar-refractivity contribution is 9.10. The molecule has 3 nitrogen and oxygen atoms in total. The van der Waals surface area contributed by atoms with Gasteiger partial charge in [0, 0.05) is 21.6 Å². The second-order valence-corrected chi connectivity index (χ2v) is 6.64. The Balaban J connectivity index is 1.95. The molecule has 0 bridgehead atoms. The second kappa shape index (κ2) is 5.69. The van der Waals surface area contributed by atoms with E-state index in [4.69, 9.17) is 4.98 Å². The Morgan fingerprint density at radius 2 is 2.37 bits per heavy atom. The molecule has 2 aromatic rings. The van der Waals surface area contributed by atoms with Crippen molar-refractivity contribution >= 4 is 27.3 Å². The summed E-state index contributed by atoms with van der Waals surface area (Å²) in [6, 6.07) is 4.52. The van der Waals surface area contributed by atoms with Crippen molar-refractivity contribution < 1.29 is 0 Å². The standard InChI is InChI=1S/C14H16BrN3S/c1-2-16-10-4-3-5-11-13(10)19-14(18-11)12-7-6-9(15)8-17-12/h6-8,10,16H,2-5H2,1H3. The molecule has 3 rings (SSSR count). The first-order valence-corrected chi connectivity index (χ1v) is 8.23. The first kappa shape index (κ1) is 13.2. The normalized spacial score (nSPS) is 18.3. The van der Waals surface area contributed by atoms with E-state index in [1.807, 2.05) is 18.3 Å². The zero-order valence-corrected chi connectivity index (χ0v) is 13.2. The van der Waals surface area contributed by atoms with E-state index in [2.05, 4.69) is 33.2 Å². The second-order valence-electron chi connectivity index (χ2n) is 4.69. The van der Waals surface area contributed by atoms with Crippen molar-refractivity contribution in [3.63, 3.8) is 0 Å². The van der Waals surface area contributed by atoms with Crippen molar-refractivity contribution in [1.29, 1.82) is 0 Å². The summed E-state index contributed by atoms with van der Waals surface area (Å²) in [5, 5.41) is 4.60.